The van der Waals surface area contributed by atoms with E-state index in [1.165, 1.54) is 12.8 Å². The van der Waals surface area contributed by atoms with Gasteiger partial charge in [-0.25, -0.2) is 0 Å². The van der Waals surface area contributed by atoms with Gasteiger partial charge in [-0.1, -0.05) is 13.3 Å². The summed E-state index contributed by atoms with van der Waals surface area (Å²) in [5.41, 5.74) is 6.55. The van der Waals surface area contributed by atoms with Gasteiger partial charge in [0.2, 0.25) is 0 Å². The van der Waals surface area contributed by atoms with Gasteiger partial charge in [0.05, 0.1) is 6.61 Å². The maximum atomic E-state index is 6.07. The second-order valence-corrected chi connectivity index (χ2v) is 6.59. The summed E-state index contributed by atoms with van der Waals surface area (Å²) in [4.78, 5) is 14.8. The predicted octanol–water partition coefficient (Wildman–Crippen LogP) is 2.37. The van der Waals surface area contributed by atoms with E-state index in [0.717, 1.165) is 38.9 Å². The molecule has 1 aliphatic heterocycles. The number of anilines is 2. The topological polar surface area (TPSA) is 97.9 Å². The van der Waals surface area contributed by atoms with Crippen LogP contribution in [-0.4, -0.2) is 56.8 Å². The number of aliphatic imine (C=N–C) groups is 1. The van der Waals surface area contributed by atoms with Gasteiger partial charge in [-0.15, -0.1) is 0 Å². The highest BCUT2D eigenvalue weighted by Crippen LogP contribution is 2.33. The van der Waals surface area contributed by atoms with Crippen LogP contribution in [0.25, 0.3) is 0 Å². The lowest BCUT2D eigenvalue weighted by Gasteiger charge is -2.28. The van der Waals surface area contributed by atoms with Crippen LogP contribution in [0.1, 0.15) is 39.0 Å². The first-order valence-electron chi connectivity index (χ1n) is 9.41. The molecule has 1 aromatic heterocycles. The van der Waals surface area contributed by atoms with Gasteiger partial charge in [-0.2, -0.15) is 9.97 Å². The molecule has 0 amide bonds. The minimum atomic E-state index is 0.277. The van der Waals surface area contributed by atoms with Crippen molar-refractivity contribution in [2.45, 2.75) is 39.0 Å². The first kappa shape index (κ1) is 20.4. The molecule has 1 fully saturated rings. The lowest BCUT2D eigenvalue weighted by Crippen LogP contribution is -2.33. The highest BCUT2D eigenvalue weighted by atomic mass is 16.5. The van der Waals surface area contributed by atoms with Crippen LogP contribution in [-0.2, 0) is 4.74 Å². The molecular weight excluding hydrogens is 332 g/mol. The van der Waals surface area contributed by atoms with Gasteiger partial charge in [-0.3, -0.25) is 4.99 Å². The van der Waals surface area contributed by atoms with Crippen molar-refractivity contribution in [3.05, 3.63) is 0 Å². The number of nitrogens with one attached hydrogen (secondary N) is 1. The van der Waals surface area contributed by atoms with E-state index in [9.17, 15) is 0 Å². The summed E-state index contributed by atoms with van der Waals surface area (Å²) in [7, 11) is 1.67. The Morgan fingerprint density at radius 1 is 1.35 bits per heavy atom. The van der Waals surface area contributed by atoms with E-state index in [4.69, 9.17) is 15.2 Å². The van der Waals surface area contributed by atoms with E-state index in [1.54, 1.807) is 7.11 Å². The molecule has 0 radical (unpaired) electrons. The van der Waals surface area contributed by atoms with E-state index >= 15 is 0 Å². The molecule has 0 spiro atoms. The van der Waals surface area contributed by atoms with Gasteiger partial charge in [0.15, 0.2) is 11.6 Å². The number of piperidine rings is 1. The van der Waals surface area contributed by atoms with Crippen LogP contribution in [0.4, 0.5) is 17.3 Å². The standard InChI is InChI=1S/C18H32N6O2/c1-4-5-12-26-18-22-16(19)15(20-2)17(23-18)24(13-25-3)11-8-14-6-9-21-10-7-14/h14,21H,2,4-13H2,1,3H3,(H2,19,22,23). The Hall–Kier alpha value is -1.93. The molecule has 3 N–H and O–H groups in total. The van der Waals surface area contributed by atoms with E-state index in [2.05, 4.69) is 33.9 Å². The molecule has 1 aromatic rings. The van der Waals surface area contributed by atoms with Crippen molar-refractivity contribution in [1.82, 2.24) is 15.3 Å². The molecule has 1 saturated heterocycles. The molecule has 0 atom stereocenters. The van der Waals surface area contributed by atoms with Crippen LogP contribution in [0.3, 0.4) is 0 Å². The van der Waals surface area contributed by atoms with Gasteiger partial charge >= 0.3 is 6.01 Å². The SMILES string of the molecule is C=Nc1c(N)nc(OCCCC)nc1N(CCC1CCNCC1)COC. The molecule has 2 rings (SSSR count). The summed E-state index contributed by atoms with van der Waals surface area (Å²) in [5, 5.41) is 3.40. The molecule has 8 nitrogen and oxygen atoms in total. The summed E-state index contributed by atoms with van der Waals surface area (Å²) in [6, 6.07) is 0.279. The van der Waals surface area contributed by atoms with E-state index in [-0.39, 0.29) is 11.8 Å². The third-order valence-corrected chi connectivity index (χ3v) is 4.61. The normalized spacial score (nSPS) is 15.0. The zero-order chi connectivity index (χ0) is 18.8. The molecular formula is C18H32N6O2. The minimum absolute atomic E-state index is 0.277. The average Bonchev–Trinajstić information content (AvgIpc) is 2.66. The Morgan fingerprint density at radius 3 is 2.77 bits per heavy atom. The number of hydrogen-bond donors (Lipinski definition) is 2. The van der Waals surface area contributed by atoms with Crippen LogP contribution < -0.4 is 20.7 Å². The van der Waals surface area contributed by atoms with Crippen LogP contribution in [0.5, 0.6) is 6.01 Å². The van der Waals surface area contributed by atoms with Gasteiger partial charge in [0.25, 0.3) is 0 Å². The Balaban J connectivity index is 2.16. The highest BCUT2D eigenvalue weighted by Gasteiger charge is 2.21. The minimum Gasteiger partial charge on any atom is -0.463 e. The zero-order valence-electron chi connectivity index (χ0n) is 16.0. The summed E-state index contributed by atoms with van der Waals surface area (Å²) >= 11 is 0. The number of ether oxygens (including phenoxy) is 2. The molecule has 0 unspecified atom stereocenters. The zero-order valence-corrected chi connectivity index (χ0v) is 16.0. The number of hydrogen-bond acceptors (Lipinski definition) is 8. The first-order chi connectivity index (χ1) is 12.7. The second kappa shape index (κ2) is 10.9. The number of unbranched alkanes of at least 4 members (excludes halogenated alkanes) is 1. The number of nitrogens with two attached hydrogens (primary N) is 1. The molecule has 8 heteroatoms. The van der Waals surface area contributed by atoms with Crippen molar-refractivity contribution in [3.63, 3.8) is 0 Å². The second-order valence-electron chi connectivity index (χ2n) is 6.59. The third kappa shape index (κ3) is 5.81. The van der Waals surface area contributed by atoms with Crippen molar-refractivity contribution in [3.8, 4) is 6.01 Å². The predicted molar refractivity (Wildman–Crippen MR) is 105 cm³/mol. The van der Waals surface area contributed by atoms with E-state index in [0.29, 0.717) is 30.8 Å². The molecule has 146 valence electrons. The molecule has 2 heterocycles. The quantitative estimate of drug-likeness (QED) is 0.353. The summed E-state index contributed by atoms with van der Waals surface area (Å²) in [5.74, 6) is 1.60. The van der Waals surface area contributed by atoms with Crippen LogP contribution in [0.15, 0.2) is 4.99 Å². The fourth-order valence-corrected chi connectivity index (χ4v) is 3.08. The molecule has 0 aromatic carbocycles. The Bertz CT molecular complexity index is 563. The van der Waals surface area contributed by atoms with Crippen molar-refractivity contribution < 1.29 is 9.47 Å². The maximum absolute atomic E-state index is 6.07. The number of nitrogens with zero attached hydrogens (tertiary/aromatic N) is 4. The molecule has 26 heavy (non-hydrogen) atoms. The molecule has 0 aliphatic carbocycles. The molecule has 0 saturated carbocycles. The molecule has 0 bridgehead atoms. The Labute approximate surface area is 156 Å². The number of nitrogen functional groups attached to an aromatic ring is 1. The van der Waals surface area contributed by atoms with Crippen LogP contribution in [0, 0.1) is 5.92 Å². The van der Waals surface area contributed by atoms with Crippen molar-refractivity contribution in [2.75, 3.05) is 50.7 Å². The molecule has 1 aliphatic rings. The Kier molecular flexibility index (Phi) is 8.57. The average molecular weight is 364 g/mol. The summed E-state index contributed by atoms with van der Waals surface area (Å²) < 4.78 is 11.0. The first-order valence-corrected chi connectivity index (χ1v) is 9.41. The Morgan fingerprint density at radius 2 is 2.12 bits per heavy atom. The van der Waals surface area contributed by atoms with Gasteiger partial charge in [-0.05, 0) is 51.4 Å². The van der Waals surface area contributed by atoms with Crippen LogP contribution >= 0.6 is 0 Å². The summed E-state index contributed by atoms with van der Waals surface area (Å²) in [6.07, 6.45) is 5.45. The van der Waals surface area contributed by atoms with Crippen molar-refractivity contribution in [1.29, 1.82) is 0 Å². The lowest BCUT2D eigenvalue weighted by molar-refractivity contribution is 0.193. The number of aromatic nitrogens is 2. The third-order valence-electron chi connectivity index (χ3n) is 4.61. The van der Waals surface area contributed by atoms with Gasteiger partial charge in [0, 0.05) is 13.7 Å². The smallest absolute Gasteiger partial charge is 0.320 e. The fraction of sp³-hybridized carbons (Fsp3) is 0.722. The van der Waals surface area contributed by atoms with Gasteiger partial charge < -0.3 is 25.4 Å². The largest absolute Gasteiger partial charge is 0.463 e. The number of methoxy groups -OCH3 is 1. The fourth-order valence-electron chi connectivity index (χ4n) is 3.08. The number of rotatable bonds is 11. The van der Waals surface area contributed by atoms with Crippen molar-refractivity contribution in [2.24, 2.45) is 10.9 Å². The maximum Gasteiger partial charge on any atom is 0.320 e. The van der Waals surface area contributed by atoms with Crippen LogP contribution in [0.2, 0.25) is 0 Å². The summed E-state index contributed by atoms with van der Waals surface area (Å²) in [6.45, 7) is 9.68. The lowest BCUT2D eigenvalue weighted by atomic mass is 9.94. The van der Waals surface area contributed by atoms with Gasteiger partial charge in [0.1, 0.15) is 12.4 Å². The monoisotopic (exact) mass is 364 g/mol. The van der Waals surface area contributed by atoms with E-state index < -0.39 is 0 Å². The van der Waals surface area contributed by atoms with E-state index in [1.807, 2.05) is 4.90 Å². The van der Waals surface area contributed by atoms with Crippen molar-refractivity contribution >= 4 is 24.0 Å². The highest BCUT2D eigenvalue weighted by molar-refractivity contribution is 5.75.